The third kappa shape index (κ3) is 3.21. The van der Waals surface area contributed by atoms with Gasteiger partial charge in [0, 0.05) is 23.5 Å². The smallest absolute Gasteiger partial charge is 0.236 e. The molecule has 17 heavy (non-hydrogen) atoms. The summed E-state index contributed by atoms with van der Waals surface area (Å²) in [5.41, 5.74) is 12.6. The van der Waals surface area contributed by atoms with Crippen molar-refractivity contribution in [2.24, 2.45) is 5.73 Å². The van der Waals surface area contributed by atoms with Gasteiger partial charge in [-0.05, 0) is 32.0 Å². The second-order valence-electron chi connectivity index (χ2n) is 3.81. The summed E-state index contributed by atoms with van der Waals surface area (Å²) in [5, 5.41) is 0. The van der Waals surface area contributed by atoms with E-state index in [-0.39, 0.29) is 12.3 Å². The van der Waals surface area contributed by atoms with Crippen molar-refractivity contribution < 1.29 is 9.59 Å². The molecule has 1 aromatic rings. The fraction of sp³-hybridized carbons (Fsp3) is 0.333. The first kappa shape index (κ1) is 13.0. The number of nitrogen functional groups attached to an aromatic ring is 1. The number of primary amides is 1. The Morgan fingerprint density at radius 3 is 2.41 bits per heavy atom. The zero-order valence-electron chi connectivity index (χ0n) is 10.1. The molecule has 0 bridgehead atoms. The first-order valence-corrected chi connectivity index (χ1v) is 5.39. The SMILES string of the molecule is CCN(CC(N)=O)c1ccc(C(C)=O)c(N)c1. The average molecular weight is 235 g/mol. The minimum absolute atomic E-state index is 0.0769. The van der Waals surface area contributed by atoms with E-state index >= 15 is 0 Å². The summed E-state index contributed by atoms with van der Waals surface area (Å²) in [6.07, 6.45) is 0. The monoisotopic (exact) mass is 235 g/mol. The van der Waals surface area contributed by atoms with E-state index in [1.54, 1.807) is 23.1 Å². The zero-order chi connectivity index (χ0) is 13.0. The Kier molecular flexibility index (Phi) is 4.09. The van der Waals surface area contributed by atoms with Gasteiger partial charge in [0.1, 0.15) is 0 Å². The molecule has 0 aliphatic carbocycles. The molecule has 0 aromatic heterocycles. The maximum absolute atomic E-state index is 11.2. The number of Topliss-reactive ketones (excluding diaryl/α,β-unsaturated/α-hetero) is 1. The molecule has 5 nitrogen and oxygen atoms in total. The van der Waals surface area contributed by atoms with E-state index in [1.807, 2.05) is 6.92 Å². The molecule has 92 valence electrons. The molecule has 4 N–H and O–H groups in total. The summed E-state index contributed by atoms with van der Waals surface area (Å²) in [5.74, 6) is -0.479. The first-order valence-electron chi connectivity index (χ1n) is 5.39. The van der Waals surface area contributed by atoms with Crippen molar-refractivity contribution in [2.45, 2.75) is 13.8 Å². The predicted octanol–water partition coefficient (Wildman–Crippen LogP) is 0.783. The van der Waals surface area contributed by atoms with Gasteiger partial charge in [-0.15, -0.1) is 0 Å². The normalized spacial score (nSPS) is 10.0. The second kappa shape index (κ2) is 5.34. The Morgan fingerprint density at radius 2 is 2.00 bits per heavy atom. The molecule has 0 fully saturated rings. The van der Waals surface area contributed by atoms with Crippen LogP contribution in [0.2, 0.25) is 0 Å². The molecular formula is C12H17N3O2. The van der Waals surface area contributed by atoms with Crippen LogP contribution in [0.15, 0.2) is 18.2 Å². The van der Waals surface area contributed by atoms with Crippen LogP contribution in [-0.2, 0) is 4.79 Å². The highest BCUT2D eigenvalue weighted by molar-refractivity contribution is 5.99. The van der Waals surface area contributed by atoms with Gasteiger partial charge in [0.15, 0.2) is 5.78 Å². The lowest BCUT2D eigenvalue weighted by molar-refractivity contribution is -0.116. The van der Waals surface area contributed by atoms with Gasteiger partial charge in [0.2, 0.25) is 5.91 Å². The van der Waals surface area contributed by atoms with Crippen LogP contribution in [0.25, 0.3) is 0 Å². The Balaban J connectivity index is 3.02. The lowest BCUT2D eigenvalue weighted by Crippen LogP contribution is -2.33. The minimum Gasteiger partial charge on any atom is -0.398 e. The summed E-state index contributed by atoms with van der Waals surface area (Å²) in [6, 6.07) is 5.11. The number of carbonyl (C=O) groups is 2. The molecule has 1 amide bonds. The van der Waals surface area contributed by atoms with Gasteiger partial charge in [-0.25, -0.2) is 0 Å². The number of nitrogens with two attached hydrogens (primary N) is 2. The van der Waals surface area contributed by atoms with Crippen molar-refractivity contribution in [2.75, 3.05) is 23.7 Å². The molecule has 5 heteroatoms. The fourth-order valence-corrected chi connectivity index (χ4v) is 1.64. The predicted molar refractivity (Wildman–Crippen MR) is 67.9 cm³/mol. The van der Waals surface area contributed by atoms with Crippen molar-refractivity contribution >= 4 is 23.1 Å². The number of carbonyl (C=O) groups excluding carboxylic acids is 2. The molecule has 0 aliphatic heterocycles. The standard InChI is InChI=1S/C12H17N3O2/c1-3-15(7-12(14)17)9-4-5-10(8(2)16)11(13)6-9/h4-6H,3,7,13H2,1-2H3,(H2,14,17). The molecule has 0 saturated heterocycles. The van der Waals surface area contributed by atoms with Gasteiger partial charge >= 0.3 is 0 Å². The molecule has 1 aromatic carbocycles. The Hall–Kier alpha value is -2.04. The number of rotatable bonds is 5. The fourth-order valence-electron chi connectivity index (χ4n) is 1.64. The third-order valence-electron chi connectivity index (χ3n) is 2.51. The Morgan fingerprint density at radius 1 is 1.35 bits per heavy atom. The number of nitrogens with zero attached hydrogens (tertiary/aromatic N) is 1. The lowest BCUT2D eigenvalue weighted by Gasteiger charge is -2.22. The molecule has 0 unspecified atom stereocenters. The minimum atomic E-state index is -0.402. The first-order chi connectivity index (χ1) is 7.95. The number of hydrogen-bond acceptors (Lipinski definition) is 4. The highest BCUT2D eigenvalue weighted by Gasteiger charge is 2.10. The molecule has 0 heterocycles. The van der Waals surface area contributed by atoms with Gasteiger partial charge in [-0.3, -0.25) is 9.59 Å². The number of hydrogen-bond donors (Lipinski definition) is 2. The van der Waals surface area contributed by atoms with E-state index in [0.717, 1.165) is 5.69 Å². The van der Waals surface area contributed by atoms with Crippen LogP contribution in [-0.4, -0.2) is 24.8 Å². The molecule has 0 spiro atoms. The molecule has 0 radical (unpaired) electrons. The summed E-state index contributed by atoms with van der Waals surface area (Å²) >= 11 is 0. The molecule has 0 aliphatic rings. The van der Waals surface area contributed by atoms with Crippen molar-refractivity contribution in [1.82, 2.24) is 0 Å². The quantitative estimate of drug-likeness (QED) is 0.583. The number of ketones is 1. The summed E-state index contributed by atoms with van der Waals surface area (Å²) in [6.45, 7) is 4.15. The van der Waals surface area contributed by atoms with Crippen molar-refractivity contribution in [3.8, 4) is 0 Å². The van der Waals surface area contributed by atoms with Crippen molar-refractivity contribution in [1.29, 1.82) is 0 Å². The van der Waals surface area contributed by atoms with Gasteiger partial charge in [-0.2, -0.15) is 0 Å². The van der Waals surface area contributed by atoms with Crippen LogP contribution >= 0.6 is 0 Å². The number of amides is 1. The van der Waals surface area contributed by atoms with Crippen LogP contribution in [0.3, 0.4) is 0 Å². The van der Waals surface area contributed by atoms with E-state index in [2.05, 4.69) is 0 Å². The number of benzene rings is 1. The van der Waals surface area contributed by atoms with Crippen LogP contribution < -0.4 is 16.4 Å². The average Bonchev–Trinajstić information content (AvgIpc) is 2.24. The van der Waals surface area contributed by atoms with E-state index in [1.165, 1.54) is 6.92 Å². The zero-order valence-corrected chi connectivity index (χ0v) is 10.1. The maximum atomic E-state index is 11.2. The summed E-state index contributed by atoms with van der Waals surface area (Å²) < 4.78 is 0. The van der Waals surface area contributed by atoms with Crippen LogP contribution in [0.4, 0.5) is 11.4 Å². The van der Waals surface area contributed by atoms with Gasteiger partial charge in [0.25, 0.3) is 0 Å². The van der Waals surface area contributed by atoms with Crippen LogP contribution in [0, 0.1) is 0 Å². The largest absolute Gasteiger partial charge is 0.398 e. The Bertz CT molecular complexity index is 443. The van der Waals surface area contributed by atoms with Crippen molar-refractivity contribution in [3.05, 3.63) is 23.8 Å². The highest BCUT2D eigenvalue weighted by Crippen LogP contribution is 2.21. The summed E-state index contributed by atoms with van der Waals surface area (Å²) in [4.78, 5) is 23.9. The highest BCUT2D eigenvalue weighted by atomic mass is 16.1. The van der Waals surface area contributed by atoms with Gasteiger partial charge in [0.05, 0.1) is 6.54 Å². The molecule has 0 saturated carbocycles. The maximum Gasteiger partial charge on any atom is 0.236 e. The number of likely N-dealkylation sites (N-methyl/N-ethyl adjacent to an activating group) is 1. The van der Waals surface area contributed by atoms with E-state index < -0.39 is 5.91 Å². The molecule has 1 rings (SSSR count). The van der Waals surface area contributed by atoms with Crippen LogP contribution in [0.5, 0.6) is 0 Å². The number of anilines is 2. The summed E-state index contributed by atoms with van der Waals surface area (Å²) in [7, 11) is 0. The van der Waals surface area contributed by atoms with Gasteiger partial charge < -0.3 is 16.4 Å². The van der Waals surface area contributed by atoms with E-state index in [9.17, 15) is 9.59 Å². The Labute approximate surface area is 100 Å². The molecular weight excluding hydrogens is 218 g/mol. The topological polar surface area (TPSA) is 89.4 Å². The van der Waals surface area contributed by atoms with E-state index in [4.69, 9.17) is 11.5 Å². The second-order valence-corrected chi connectivity index (χ2v) is 3.81. The van der Waals surface area contributed by atoms with Crippen molar-refractivity contribution in [3.63, 3.8) is 0 Å². The van der Waals surface area contributed by atoms with E-state index in [0.29, 0.717) is 17.8 Å². The molecule has 0 atom stereocenters. The van der Waals surface area contributed by atoms with Crippen LogP contribution in [0.1, 0.15) is 24.2 Å². The lowest BCUT2D eigenvalue weighted by atomic mass is 10.1. The third-order valence-corrected chi connectivity index (χ3v) is 2.51. The van der Waals surface area contributed by atoms with Gasteiger partial charge in [-0.1, -0.05) is 0 Å².